The summed E-state index contributed by atoms with van der Waals surface area (Å²) < 4.78 is 0. The molecule has 1 rings (SSSR count). The molecule has 0 aromatic rings. The molecular weight excluding hydrogens is 396 g/mol. The van der Waals surface area contributed by atoms with E-state index < -0.39 is 12.0 Å². The van der Waals surface area contributed by atoms with Crippen molar-refractivity contribution in [2.75, 3.05) is 20.1 Å². The Morgan fingerprint density at radius 2 is 1.77 bits per heavy atom. The Morgan fingerprint density at radius 3 is 2.16 bits per heavy atom. The van der Waals surface area contributed by atoms with Crippen LogP contribution < -0.4 is 11.6 Å². The highest BCUT2D eigenvalue weighted by Gasteiger charge is 2.27. The Hall–Kier alpha value is -1.87. The molecule has 31 heavy (non-hydrogen) atoms. The van der Waals surface area contributed by atoms with E-state index in [0.29, 0.717) is 11.6 Å². The summed E-state index contributed by atoms with van der Waals surface area (Å²) in [6, 6.07) is -0.434. The minimum Gasteiger partial charge on any atom is -0.384 e. The van der Waals surface area contributed by atoms with E-state index in [0.717, 1.165) is 23.9 Å². The normalized spacial score (nSPS) is 16.0. The number of hydrogen-bond acceptors (Lipinski definition) is 6. The summed E-state index contributed by atoms with van der Waals surface area (Å²) in [6.45, 7) is 12.2. The fraction of sp³-hybridized carbons (Fsp3) is 0.864. The summed E-state index contributed by atoms with van der Waals surface area (Å²) in [4.78, 5) is 24.6. The first kappa shape index (κ1) is 31.3. The zero-order valence-corrected chi connectivity index (χ0v) is 20.9. The Morgan fingerprint density at radius 1 is 1.23 bits per heavy atom. The average Bonchev–Trinajstić information content (AvgIpc) is 2.75. The SMILES string of the molecule is CC.CC1CCCCC1.CCCCN(C(=O)C(C)CN(O)C=O)C(C)/C(N)=N/N(C)N. The van der Waals surface area contributed by atoms with E-state index in [2.05, 4.69) is 12.0 Å². The number of carbonyl (C=O) groups is 2. The van der Waals surface area contributed by atoms with Gasteiger partial charge in [-0.25, -0.2) is 16.0 Å². The minimum atomic E-state index is -0.557. The molecule has 0 bridgehead atoms. The van der Waals surface area contributed by atoms with Gasteiger partial charge in [-0.3, -0.25) is 14.8 Å². The van der Waals surface area contributed by atoms with Gasteiger partial charge in [-0.1, -0.05) is 73.1 Å². The van der Waals surface area contributed by atoms with E-state index in [4.69, 9.17) is 11.6 Å². The van der Waals surface area contributed by atoms with Gasteiger partial charge in [-0.2, -0.15) is 0 Å². The first-order valence-electron chi connectivity index (χ1n) is 11.7. The second-order valence-corrected chi connectivity index (χ2v) is 8.03. The molecule has 0 spiro atoms. The number of carbonyl (C=O) groups excluding carboxylic acids is 2. The molecule has 5 N–H and O–H groups in total. The third-order valence-corrected chi connectivity index (χ3v) is 5.10. The van der Waals surface area contributed by atoms with Crippen molar-refractivity contribution >= 4 is 18.2 Å². The van der Waals surface area contributed by atoms with Gasteiger partial charge >= 0.3 is 0 Å². The van der Waals surface area contributed by atoms with E-state index in [-0.39, 0.29) is 24.7 Å². The van der Waals surface area contributed by atoms with Crippen LogP contribution in [-0.4, -0.2) is 64.6 Å². The predicted octanol–water partition coefficient (Wildman–Crippen LogP) is 3.18. The molecule has 184 valence electrons. The van der Waals surface area contributed by atoms with Crippen molar-refractivity contribution < 1.29 is 14.8 Å². The molecule has 0 aromatic carbocycles. The fourth-order valence-corrected chi connectivity index (χ4v) is 3.24. The van der Waals surface area contributed by atoms with Gasteiger partial charge in [0.25, 0.3) is 0 Å². The van der Waals surface area contributed by atoms with Crippen LogP contribution in [0.2, 0.25) is 0 Å². The minimum absolute atomic E-state index is 0.0779. The van der Waals surface area contributed by atoms with Crippen LogP contribution in [0.1, 0.15) is 86.5 Å². The summed E-state index contributed by atoms with van der Waals surface area (Å²) in [7, 11) is 1.54. The lowest BCUT2D eigenvalue weighted by Crippen LogP contribution is -2.50. The topological polar surface area (TPSA) is 128 Å². The van der Waals surface area contributed by atoms with Crippen molar-refractivity contribution in [3.05, 3.63) is 0 Å². The van der Waals surface area contributed by atoms with Gasteiger partial charge in [0, 0.05) is 13.6 Å². The van der Waals surface area contributed by atoms with Crippen molar-refractivity contribution in [1.82, 2.24) is 15.1 Å². The first-order chi connectivity index (χ1) is 14.6. The highest BCUT2D eigenvalue weighted by atomic mass is 16.5. The number of rotatable bonds is 10. The van der Waals surface area contributed by atoms with Crippen LogP contribution in [0.5, 0.6) is 0 Å². The third-order valence-electron chi connectivity index (χ3n) is 5.10. The van der Waals surface area contributed by atoms with Crippen LogP contribution in [-0.2, 0) is 9.59 Å². The number of unbranched alkanes of at least 4 members (excludes halogenated alkanes) is 1. The number of hydrogen-bond donors (Lipinski definition) is 3. The van der Waals surface area contributed by atoms with E-state index in [1.807, 2.05) is 20.8 Å². The van der Waals surface area contributed by atoms with Crippen LogP contribution in [0.3, 0.4) is 0 Å². The van der Waals surface area contributed by atoms with Gasteiger partial charge < -0.3 is 10.6 Å². The van der Waals surface area contributed by atoms with Gasteiger partial charge in [0.05, 0.1) is 18.5 Å². The van der Waals surface area contributed by atoms with E-state index in [9.17, 15) is 14.8 Å². The standard InChI is InChI=1S/C13H28N6O3.C7H14.C2H6/c1-5-6-7-19(11(3)12(14)16-17(4)15)13(21)10(2)8-18(22)9-20;1-7-5-3-2-4-6-7;1-2/h9-11,22H,5-8,15H2,1-4H3,(H2,14,16);7H,2-6H2,1H3;1-2H3. The fourth-order valence-electron chi connectivity index (χ4n) is 3.24. The highest BCUT2D eigenvalue weighted by molar-refractivity contribution is 5.90. The molecule has 2 unspecified atom stereocenters. The van der Waals surface area contributed by atoms with Crippen LogP contribution in [0.15, 0.2) is 5.10 Å². The van der Waals surface area contributed by atoms with Crippen LogP contribution in [0.4, 0.5) is 0 Å². The molecule has 1 aliphatic rings. The molecule has 0 radical (unpaired) electrons. The molecule has 2 amide bonds. The molecule has 1 aliphatic carbocycles. The summed E-state index contributed by atoms with van der Waals surface area (Å²) in [5.74, 6) is 5.93. The Balaban J connectivity index is 0. The molecule has 0 saturated heterocycles. The molecule has 1 saturated carbocycles. The second kappa shape index (κ2) is 18.9. The highest BCUT2D eigenvalue weighted by Crippen LogP contribution is 2.22. The van der Waals surface area contributed by atoms with Gasteiger partial charge in [0.1, 0.15) is 5.84 Å². The molecule has 0 aromatic heterocycles. The molecule has 9 nitrogen and oxygen atoms in total. The Bertz CT molecular complexity index is 496. The second-order valence-electron chi connectivity index (χ2n) is 8.03. The predicted molar refractivity (Wildman–Crippen MR) is 127 cm³/mol. The number of nitrogens with zero attached hydrogens (tertiary/aromatic N) is 4. The molecule has 0 aliphatic heterocycles. The maximum Gasteiger partial charge on any atom is 0.233 e. The maximum absolute atomic E-state index is 12.5. The zero-order chi connectivity index (χ0) is 24.4. The average molecular weight is 445 g/mol. The molecule has 2 atom stereocenters. The molecule has 1 fully saturated rings. The number of hydrazone groups is 1. The van der Waals surface area contributed by atoms with Crippen molar-refractivity contribution in [3.63, 3.8) is 0 Å². The van der Waals surface area contributed by atoms with Crippen molar-refractivity contribution in [1.29, 1.82) is 0 Å². The molecule has 0 heterocycles. The summed E-state index contributed by atoms with van der Waals surface area (Å²) in [5.41, 5.74) is 5.87. The monoisotopic (exact) mass is 444 g/mol. The number of amides is 2. The van der Waals surface area contributed by atoms with Gasteiger partial charge in [0.2, 0.25) is 12.3 Å². The van der Waals surface area contributed by atoms with Crippen molar-refractivity contribution in [2.24, 2.45) is 28.5 Å². The lowest BCUT2D eigenvalue weighted by molar-refractivity contribution is -0.156. The van der Waals surface area contributed by atoms with Crippen LogP contribution in [0.25, 0.3) is 0 Å². The molecular formula is C22H48N6O3. The maximum atomic E-state index is 12.5. The lowest BCUT2D eigenvalue weighted by atomic mass is 9.91. The number of nitrogens with two attached hydrogens (primary N) is 2. The third kappa shape index (κ3) is 14.7. The summed E-state index contributed by atoms with van der Waals surface area (Å²) in [5, 5.41) is 14.7. The summed E-state index contributed by atoms with van der Waals surface area (Å²) >= 11 is 0. The van der Waals surface area contributed by atoms with Crippen LogP contribution >= 0.6 is 0 Å². The zero-order valence-electron chi connectivity index (χ0n) is 20.9. The number of amidine groups is 1. The van der Waals surface area contributed by atoms with Crippen LogP contribution in [0, 0.1) is 11.8 Å². The van der Waals surface area contributed by atoms with E-state index in [1.54, 1.807) is 18.7 Å². The molecule has 9 heteroatoms. The quantitative estimate of drug-likeness (QED) is 0.119. The number of hydrazine groups is 1. The summed E-state index contributed by atoms with van der Waals surface area (Å²) in [6.07, 6.45) is 9.43. The van der Waals surface area contributed by atoms with Gasteiger partial charge in [-0.15, -0.1) is 5.10 Å². The van der Waals surface area contributed by atoms with Gasteiger partial charge in [0.15, 0.2) is 0 Å². The van der Waals surface area contributed by atoms with Gasteiger partial charge in [-0.05, 0) is 19.3 Å². The largest absolute Gasteiger partial charge is 0.384 e. The van der Waals surface area contributed by atoms with Crippen molar-refractivity contribution in [2.45, 2.75) is 92.5 Å². The first-order valence-corrected chi connectivity index (χ1v) is 11.7. The Labute approximate surface area is 189 Å². The van der Waals surface area contributed by atoms with E-state index >= 15 is 0 Å². The Kier molecular flexibility index (Phi) is 19.1. The smallest absolute Gasteiger partial charge is 0.233 e. The van der Waals surface area contributed by atoms with E-state index in [1.165, 1.54) is 39.2 Å². The van der Waals surface area contributed by atoms with Crippen molar-refractivity contribution in [3.8, 4) is 0 Å². The number of hydroxylamine groups is 2. The lowest BCUT2D eigenvalue weighted by Gasteiger charge is -2.31.